The van der Waals surface area contributed by atoms with Crippen LogP contribution in [0.15, 0.2) is 36.4 Å². The zero-order chi connectivity index (χ0) is 12.4. The smallest absolute Gasteiger partial charge is 0.550 e. The van der Waals surface area contributed by atoms with Crippen LogP contribution in [0.2, 0.25) is 0 Å². The van der Waals surface area contributed by atoms with E-state index >= 15 is 0 Å². The Labute approximate surface area is 165 Å². The van der Waals surface area contributed by atoms with Crippen LogP contribution in [-0.2, 0) is 4.79 Å². The fraction of sp³-hybridized carbons (Fsp3) is 0.214. The number of fused-ring (bicyclic) bond motifs is 1. The van der Waals surface area contributed by atoms with Gasteiger partial charge in [0.1, 0.15) is 5.75 Å². The quantitative estimate of drug-likeness (QED) is 0.683. The van der Waals surface area contributed by atoms with Crippen molar-refractivity contribution in [2.45, 2.75) is 12.8 Å². The number of benzene rings is 2. The molecule has 0 aliphatic carbocycles. The van der Waals surface area contributed by atoms with Gasteiger partial charge in [-0.05, 0) is 28.5 Å². The molecule has 0 aromatic heterocycles. The number of rotatable bonds is 3. The zero-order valence-electron chi connectivity index (χ0n) is 10.8. The summed E-state index contributed by atoms with van der Waals surface area (Å²) in [6.45, 7) is 1.63. The summed E-state index contributed by atoms with van der Waals surface area (Å²) >= 11 is 0. The van der Waals surface area contributed by atoms with Gasteiger partial charge in [0.25, 0.3) is 0 Å². The van der Waals surface area contributed by atoms with Gasteiger partial charge in [-0.2, -0.15) is 0 Å². The molecular formula is C14H13CsO3. The second kappa shape index (κ2) is 6.98. The molecule has 88 valence electrons. The van der Waals surface area contributed by atoms with Crippen molar-refractivity contribution in [2.24, 2.45) is 0 Å². The molecule has 2 aromatic rings. The van der Waals surface area contributed by atoms with E-state index in [1.807, 2.05) is 36.4 Å². The third-order valence-electron chi connectivity index (χ3n) is 2.93. The predicted octanol–water partition coefficient (Wildman–Crippen LogP) is -1.29. The number of aliphatic carboxylic acids is 1. The summed E-state index contributed by atoms with van der Waals surface area (Å²) in [7, 11) is 1.62. The van der Waals surface area contributed by atoms with Gasteiger partial charge in [0.05, 0.1) is 7.11 Å². The number of carbonyl (C=O) groups excluding carboxylic acids is 1. The molecule has 4 heteroatoms. The topological polar surface area (TPSA) is 49.4 Å². The van der Waals surface area contributed by atoms with Gasteiger partial charge in [-0.1, -0.05) is 31.2 Å². The van der Waals surface area contributed by atoms with E-state index in [9.17, 15) is 9.90 Å². The molecule has 0 bridgehead atoms. The number of carboxylic acids is 1. The van der Waals surface area contributed by atoms with Crippen LogP contribution in [0, 0.1) is 0 Å². The Bertz CT molecular complexity index is 566. The van der Waals surface area contributed by atoms with E-state index in [-0.39, 0.29) is 68.9 Å². The molecule has 0 radical (unpaired) electrons. The number of ether oxygens (including phenoxy) is 1. The molecule has 1 atom stereocenters. The second-order valence-corrected chi connectivity index (χ2v) is 4.01. The molecule has 0 amide bonds. The van der Waals surface area contributed by atoms with E-state index in [0.29, 0.717) is 0 Å². The molecule has 0 N–H and O–H groups in total. The van der Waals surface area contributed by atoms with Crippen LogP contribution in [-0.4, -0.2) is 13.1 Å². The summed E-state index contributed by atoms with van der Waals surface area (Å²) in [6.07, 6.45) is 0. The molecule has 3 nitrogen and oxygen atoms in total. The minimum absolute atomic E-state index is 0. The van der Waals surface area contributed by atoms with Crippen molar-refractivity contribution in [1.82, 2.24) is 0 Å². The SMILES string of the molecule is COc1ccc2cc([C@H](C)C(=O)[O-])ccc2c1.[Cs+]. The van der Waals surface area contributed by atoms with Crippen molar-refractivity contribution in [3.05, 3.63) is 42.0 Å². The molecule has 0 heterocycles. The van der Waals surface area contributed by atoms with Gasteiger partial charge in [-0.3, -0.25) is 0 Å². The van der Waals surface area contributed by atoms with Crippen molar-refractivity contribution < 1.29 is 83.5 Å². The third-order valence-corrected chi connectivity index (χ3v) is 2.93. The minimum atomic E-state index is -1.06. The van der Waals surface area contributed by atoms with E-state index in [1.54, 1.807) is 14.0 Å². The number of hydrogen-bond donors (Lipinski definition) is 0. The van der Waals surface area contributed by atoms with Gasteiger partial charge < -0.3 is 14.6 Å². The molecule has 18 heavy (non-hydrogen) atoms. The average Bonchev–Trinajstić information content (AvgIpc) is 2.36. The number of carbonyl (C=O) groups is 1. The maximum atomic E-state index is 10.8. The predicted molar refractivity (Wildman–Crippen MR) is 63.9 cm³/mol. The summed E-state index contributed by atoms with van der Waals surface area (Å²) in [5.74, 6) is -0.863. The summed E-state index contributed by atoms with van der Waals surface area (Å²) < 4.78 is 5.13. The van der Waals surface area contributed by atoms with Crippen molar-refractivity contribution >= 4 is 16.7 Å². The fourth-order valence-corrected chi connectivity index (χ4v) is 1.77. The van der Waals surface area contributed by atoms with Crippen LogP contribution in [0.1, 0.15) is 18.4 Å². The fourth-order valence-electron chi connectivity index (χ4n) is 1.77. The van der Waals surface area contributed by atoms with Crippen molar-refractivity contribution in [2.75, 3.05) is 7.11 Å². The van der Waals surface area contributed by atoms with Crippen LogP contribution in [0.5, 0.6) is 5.75 Å². The Hall–Kier alpha value is 0.0219. The molecule has 0 spiro atoms. The van der Waals surface area contributed by atoms with Crippen LogP contribution in [0.25, 0.3) is 10.8 Å². The molecule has 0 unspecified atom stereocenters. The van der Waals surface area contributed by atoms with Gasteiger partial charge in [0.15, 0.2) is 0 Å². The van der Waals surface area contributed by atoms with Crippen molar-refractivity contribution in [3.63, 3.8) is 0 Å². The summed E-state index contributed by atoms with van der Waals surface area (Å²) in [6, 6.07) is 11.3. The first-order valence-corrected chi connectivity index (χ1v) is 5.40. The van der Waals surface area contributed by atoms with Crippen LogP contribution in [0.3, 0.4) is 0 Å². The summed E-state index contributed by atoms with van der Waals surface area (Å²) in [4.78, 5) is 10.8. The number of methoxy groups -OCH3 is 1. The van der Waals surface area contributed by atoms with Gasteiger partial charge in [-0.25, -0.2) is 0 Å². The molecule has 0 saturated heterocycles. The van der Waals surface area contributed by atoms with Crippen LogP contribution < -0.4 is 78.7 Å². The standard InChI is InChI=1S/C14H14O3.Cs/c1-9(14(15)16)10-3-4-12-8-13(17-2)6-5-11(12)7-10;/h3-9H,1-2H3,(H,15,16);/q;+1/p-1/t9-;/m0./s1. The van der Waals surface area contributed by atoms with E-state index < -0.39 is 11.9 Å². The normalized spacial score (nSPS) is 11.7. The van der Waals surface area contributed by atoms with E-state index in [2.05, 4.69) is 0 Å². The Morgan fingerprint density at radius 2 is 1.78 bits per heavy atom. The number of carboxylic acid groups (broad SMARTS) is 1. The molecular weight excluding hydrogens is 349 g/mol. The second-order valence-electron chi connectivity index (χ2n) is 4.01. The monoisotopic (exact) mass is 362 g/mol. The van der Waals surface area contributed by atoms with Gasteiger partial charge in [0, 0.05) is 11.9 Å². The Balaban J connectivity index is 0.00000162. The maximum Gasteiger partial charge on any atom is 1.00 e. The van der Waals surface area contributed by atoms with E-state index in [4.69, 9.17) is 4.74 Å². The molecule has 0 fully saturated rings. The zero-order valence-corrected chi connectivity index (χ0v) is 17.0. The third kappa shape index (κ3) is 3.53. The van der Waals surface area contributed by atoms with E-state index in [1.165, 1.54) is 0 Å². The van der Waals surface area contributed by atoms with Gasteiger partial charge in [-0.15, -0.1) is 0 Å². The van der Waals surface area contributed by atoms with Crippen molar-refractivity contribution in [3.8, 4) is 5.75 Å². The molecule has 2 rings (SSSR count). The summed E-state index contributed by atoms with van der Waals surface area (Å²) in [5.41, 5.74) is 0.752. The van der Waals surface area contributed by atoms with Gasteiger partial charge >= 0.3 is 68.9 Å². The maximum absolute atomic E-state index is 10.8. The molecule has 0 aliphatic rings. The first-order valence-electron chi connectivity index (χ1n) is 5.40. The largest absolute Gasteiger partial charge is 1.00 e. The first-order chi connectivity index (χ1) is 8.11. The number of hydrogen-bond acceptors (Lipinski definition) is 3. The van der Waals surface area contributed by atoms with Crippen molar-refractivity contribution in [1.29, 1.82) is 0 Å². The van der Waals surface area contributed by atoms with Crippen LogP contribution in [0.4, 0.5) is 0 Å². The first kappa shape index (κ1) is 16.1. The average molecular weight is 362 g/mol. The Kier molecular flexibility index (Phi) is 6.23. The molecule has 0 saturated carbocycles. The van der Waals surface area contributed by atoms with Gasteiger partial charge in [0.2, 0.25) is 0 Å². The molecule has 2 aromatic carbocycles. The Morgan fingerprint density at radius 3 is 2.39 bits per heavy atom. The summed E-state index contributed by atoms with van der Waals surface area (Å²) in [5, 5.41) is 12.8. The minimum Gasteiger partial charge on any atom is -0.550 e. The Morgan fingerprint density at radius 1 is 1.17 bits per heavy atom. The van der Waals surface area contributed by atoms with E-state index in [0.717, 1.165) is 22.1 Å². The molecule has 0 aliphatic heterocycles. The van der Waals surface area contributed by atoms with Crippen LogP contribution >= 0.6 is 0 Å².